The van der Waals surface area contributed by atoms with Gasteiger partial charge in [-0.15, -0.1) is 10.2 Å². The summed E-state index contributed by atoms with van der Waals surface area (Å²) < 4.78 is 0. The fourth-order valence-corrected chi connectivity index (χ4v) is 2.85. The molecule has 0 aliphatic carbocycles. The number of benzene rings is 1. The van der Waals surface area contributed by atoms with Gasteiger partial charge in [-0.3, -0.25) is 4.79 Å². The summed E-state index contributed by atoms with van der Waals surface area (Å²) in [6.45, 7) is 0.304. The molecule has 3 rings (SSSR count). The summed E-state index contributed by atoms with van der Waals surface area (Å²) in [5.74, 6) is -0.911. The average Bonchev–Trinajstić information content (AvgIpc) is 3.04. The first-order chi connectivity index (χ1) is 11.5. The number of aliphatic carboxylic acids is 1. The van der Waals surface area contributed by atoms with Gasteiger partial charge >= 0.3 is 5.97 Å². The molecule has 0 radical (unpaired) electrons. The van der Waals surface area contributed by atoms with Crippen molar-refractivity contribution in [3.05, 3.63) is 29.3 Å². The predicted molar refractivity (Wildman–Crippen MR) is 85.3 cm³/mol. The molecule has 1 aromatic heterocycles. The average molecular weight is 350 g/mol. The van der Waals surface area contributed by atoms with E-state index in [9.17, 15) is 14.7 Å². The second kappa shape index (κ2) is 6.96. The number of carboxylic acid groups (broad SMARTS) is 1. The second-order valence-electron chi connectivity index (χ2n) is 5.59. The Kier molecular flexibility index (Phi) is 4.75. The van der Waals surface area contributed by atoms with Gasteiger partial charge in [0.2, 0.25) is 11.7 Å². The van der Waals surface area contributed by atoms with Crippen LogP contribution < -0.4 is 0 Å². The minimum atomic E-state index is -0.976. The zero-order chi connectivity index (χ0) is 17.1. The molecule has 2 aromatic rings. The number of hydrogen-bond donors (Lipinski definition) is 1. The number of hydrogen-bond acceptors (Lipinski definition) is 5. The summed E-state index contributed by atoms with van der Waals surface area (Å²) in [6.07, 6.45) is 2.08. The van der Waals surface area contributed by atoms with Gasteiger partial charge in [-0.05, 0) is 48.7 Å². The number of tetrazole rings is 1. The van der Waals surface area contributed by atoms with E-state index in [0.717, 1.165) is 18.4 Å². The first-order valence-electron chi connectivity index (χ1n) is 7.60. The van der Waals surface area contributed by atoms with Crippen LogP contribution in [0.2, 0.25) is 5.02 Å². The fraction of sp³-hybridized carbons (Fsp3) is 0.400. The van der Waals surface area contributed by atoms with Gasteiger partial charge in [0.15, 0.2) is 0 Å². The van der Waals surface area contributed by atoms with Crippen molar-refractivity contribution in [3.8, 4) is 11.4 Å². The van der Waals surface area contributed by atoms with Crippen molar-refractivity contribution in [1.82, 2.24) is 25.1 Å². The monoisotopic (exact) mass is 349 g/mol. The quantitative estimate of drug-likeness (QED) is 0.896. The van der Waals surface area contributed by atoms with Gasteiger partial charge < -0.3 is 10.0 Å². The Morgan fingerprint density at radius 1 is 1.25 bits per heavy atom. The van der Waals surface area contributed by atoms with Crippen LogP contribution in [0.5, 0.6) is 0 Å². The lowest BCUT2D eigenvalue weighted by atomic mass is 10.0. The van der Waals surface area contributed by atoms with Crippen LogP contribution in [0, 0.1) is 0 Å². The van der Waals surface area contributed by atoms with Crippen LogP contribution in [0.25, 0.3) is 11.4 Å². The molecule has 1 N–H and O–H groups in total. The number of carbonyl (C=O) groups excluding carboxylic acids is 1. The summed E-state index contributed by atoms with van der Waals surface area (Å²) in [5, 5.41) is 21.8. The molecule has 1 fully saturated rings. The zero-order valence-corrected chi connectivity index (χ0v) is 13.6. The van der Waals surface area contributed by atoms with E-state index in [4.69, 9.17) is 11.6 Å². The van der Waals surface area contributed by atoms with Crippen LogP contribution in [-0.2, 0) is 16.1 Å². The molecular formula is C15H16ClN5O3. The third-order valence-corrected chi connectivity index (χ3v) is 4.19. The Balaban J connectivity index is 1.70. The Labute approximate surface area is 143 Å². The molecule has 1 aliphatic rings. The Bertz CT molecular complexity index is 746. The number of likely N-dealkylation sites (tertiary alicyclic amines) is 1. The summed E-state index contributed by atoms with van der Waals surface area (Å²) in [5.41, 5.74) is 0.736. The van der Waals surface area contributed by atoms with Crippen molar-refractivity contribution in [1.29, 1.82) is 0 Å². The number of rotatable bonds is 4. The Hall–Kier alpha value is -2.48. The highest BCUT2D eigenvalue weighted by atomic mass is 35.5. The topological polar surface area (TPSA) is 101 Å². The van der Waals surface area contributed by atoms with E-state index < -0.39 is 12.0 Å². The Morgan fingerprint density at radius 3 is 2.71 bits per heavy atom. The molecule has 9 heteroatoms. The fourth-order valence-electron chi connectivity index (χ4n) is 2.72. The predicted octanol–water partition coefficient (Wildman–Crippen LogP) is 1.46. The van der Waals surface area contributed by atoms with Crippen molar-refractivity contribution >= 4 is 23.5 Å². The maximum Gasteiger partial charge on any atom is 0.326 e. The molecule has 8 nitrogen and oxygen atoms in total. The molecule has 0 saturated carbocycles. The summed E-state index contributed by atoms with van der Waals surface area (Å²) in [6, 6.07) is 6.18. The minimum Gasteiger partial charge on any atom is -0.480 e. The smallest absolute Gasteiger partial charge is 0.326 e. The number of piperidine rings is 1. The van der Waals surface area contributed by atoms with Crippen LogP contribution in [-0.4, -0.2) is 54.7 Å². The van der Waals surface area contributed by atoms with Crippen molar-refractivity contribution in [2.24, 2.45) is 0 Å². The zero-order valence-electron chi connectivity index (χ0n) is 12.8. The number of carbonyl (C=O) groups is 2. The third kappa shape index (κ3) is 3.53. The first-order valence-corrected chi connectivity index (χ1v) is 7.98. The van der Waals surface area contributed by atoms with E-state index in [0.29, 0.717) is 23.8 Å². The van der Waals surface area contributed by atoms with E-state index in [-0.39, 0.29) is 12.5 Å². The van der Waals surface area contributed by atoms with Crippen LogP contribution >= 0.6 is 11.6 Å². The van der Waals surface area contributed by atoms with Crippen molar-refractivity contribution < 1.29 is 14.7 Å². The summed E-state index contributed by atoms with van der Waals surface area (Å²) in [4.78, 5) is 26.2. The first kappa shape index (κ1) is 16.4. The van der Waals surface area contributed by atoms with Gasteiger partial charge in [0.25, 0.3) is 0 Å². The molecule has 1 amide bonds. The van der Waals surface area contributed by atoms with Crippen LogP contribution in [0.4, 0.5) is 0 Å². The van der Waals surface area contributed by atoms with Crippen LogP contribution in [0.15, 0.2) is 24.3 Å². The highest BCUT2D eigenvalue weighted by Crippen LogP contribution is 2.19. The largest absolute Gasteiger partial charge is 0.480 e. The molecule has 2 heterocycles. The number of halogens is 1. The second-order valence-corrected chi connectivity index (χ2v) is 6.02. The Morgan fingerprint density at radius 2 is 2.00 bits per heavy atom. The lowest BCUT2D eigenvalue weighted by molar-refractivity contribution is -0.152. The molecular weight excluding hydrogens is 334 g/mol. The molecule has 0 spiro atoms. The van der Waals surface area contributed by atoms with Gasteiger partial charge in [0.05, 0.1) is 0 Å². The van der Waals surface area contributed by atoms with Gasteiger partial charge in [0, 0.05) is 17.1 Å². The summed E-state index contributed by atoms with van der Waals surface area (Å²) in [7, 11) is 0. The normalized spacial score (nSPS) is 17.7. The van der Waals surface area contributed by atoms with Crippen molar-refractivity contribution in [2.45, 2.75) is 31.8 Å². The highest BCUT2D eigenvalue weighted by Gasteiger charge is 2.32. The molecule has 0 bridgehead atoms. The van der Waals surface area contributed by atoms with Crippen molar-refractivity contribution in [3.63, 3.8) is 0 Å². The van der Waals surface area contributed by atoms with Gasteiger partial charge in [-0.2, -0.15) is 4.80 Å². The molecule has 1 atom stereocenters. The lowest BCUT2D eigenvalue weighted by Gasteiger charge is -2.32. The van der Waals surface area contributed by atoms with Crippen LogP contribution in [0.1, 0.15) is 19.3 Å². The lowest BCUT2D eigenvalue weighted by Crippen LogP contribution is -2.49. The molecule has 1 aliphatic heterocycles. The van der Waals surface area contributed by atoms with E-state index in [2.05, 4.69) is 15.4 Å². The number of nitrogens with zero attached hydrogens (tertiary/aromatic N) is 5. The van der Waals surface area contributed by atoms with Gasteiger partial charge in [-0.1, -0.05) is 11.6 Å². The molecule has 1 unspecified atom stereocenters. The highest BCUT2D eigenvalue weighted by molar-refractivity contribution is 6.30. The van der Waals surface area contributed by atoms with Gasteiger partial charge in [-0.25, -0.2) is 4.79 Å². The van der Waals surface area contributed by atoms with Crippen molar-refractivity contribution in [2.75, 3.05) is 6.54 Å². The van der Waals surface area contributed by atoms with E-state index >= 15 is 0 Å². The summed E-state index contributed by atoms with van der Waals surface area (Å²) >= 11 is 5.84. The number of carboxylic acids is 1. The maximum absolute atomic E-state index is 12.4. The molecule has 1 saturated heterocycles. The van der Waals surface area contributed by atoms with Gasteiger partial charge in [0.1, 0.15) is 12.6 Å². The molecule has 1 aromatic carbocycles. The third-order valence-electron chi connectivity index (χ3n) is 3.94. The van der Waals surface area contributed by atoms with E-state index in [1.54, 1.807) is 24.3 Å². The minimum absolute atomic E-state index is 0.135. The molecule has 24 heavy (non-hydrogen) atoms. The maximum atomic E-state index is 12.4. The number of amides is 1. The SMILES string of the molecule is O=C(O)C1CCCCN1C(=O)Cn1nnc(-c2ccc(Cl)cc2)n1. The number of aromatic nitrogens is 4. The van der Waals surface area contributed by atoms with Crippen LogP contribution in [0.3, 0.4) is 0 Å². The molecule has 126 valence electrons. The standard InChI is InChI=1S/C15H16ClN5O3/c16-11-6-4-10(5-7-11)14-17-19-21(18-14)9-13(22)20-8-2-1-3-12(20)15(23)24/h4-7,12H,1-3,8-9H2,(H,23,24). The van der Waals surface area contributed by atoms with E-state index in [1.807, 2.05) is 0 Å². The van der Waals surface area contributed by atoms with E-state index in [1.165, 1.54) is 9.70 Å².